The Morgan fingerprint density at radius 1 is 0.882 bits per heavy atom. The van der Waals surface area contributed by atoms with Crippen LogP contribution in [0.25, 0.3) is 0 Å². The van der Waals surface area contributed by atoms with Crippen LogP contribution >= 0.6 is 0 Å². The number of rotatable bonds is 6. The lowest BCUT2D eigenvalue weighted by Gasteiger charge is -2.55. The zero-order valence-corrected chi connectivity index (χ0v) is 18.7. The van der Waals surface area contributed by atoms with Gasteiger partial charge in [-0.1, -0.05) is 12.1 Å². The number of hydrogen-bond donors (Lipinski definition) is 1. The standard InChI is InChI=1S/C27H27F4NO2/c28-22-7-3-20(4-8-22)24(33)23(12-16-1-5-21(6-2-16)27(29,30)31)32-25(34)26-13-17-9-18(14-26)11-19(10-17)15-26/h1-8,17-19,23H,9-15H2,(H,32,34). The van der Waals surface area contributed by atoms with Crippen molar-refractivity contribution in [1.82, 2.24) is 5.32 Å². The maximum atomic E-state index is 13.6. The summed E-state index contributed by atoms with van der Waals surface area (Å²) in [6.45, 7) is 0. The highest BCUT2D eigenvalue weighted by molar-refractivity contribution is 6.02. The van der Waals surface area contributed by atoms with Crippen LogP contribution in [0.1, 0.15) is 60.0 Å². The zero-order valence-electron chi connectivity index (χ0n) is 18.7. The number of halogens is 4. The lowest BCUT2D eigenvalue weighted by atomic mass is 9.49. The van der Waals surface area contributed by atoms with Gasteiger partial charge in [-0.15, -0.1) is 0 Å². The highest BCUT2D eigenvalue weighted by Gasteiger charge is 2.55. The molecule has 4 aliphatic rings. The molecular weight excluding hydrogens is 446 g/mol. The summed E-state index contributed by atoms with van der Waals surface area (Å²) in [4.78, 5) is 26.9. The van der Waals surface area contributed by atoms with Gasteiger partial charge in [0.25, 0.3) is 0 Å². The lowest BCUT2D eigenvalue weighted by Crippen LogP contribution is -2.56. The molecule has 1 N–H and O–H groups in total. The Kier molecular flexibility index (Phi) is 5.77. The number of carbonyl (C=O) groups is 2. The van der Waals surface area contributed by atoms with Gasteiger partial charge < -0.3 is 5.32 Å². The van der Waals surface area contributed by atoms with E-state index in [0.717, 1.165) is 31.4 Å². The van der Waals surface area contributed by atoms with E-state index < -0.39 is 29.0 Å². The number of Topliss-reactive ketones (excluding diaryl/α,β-unsaturated/α-hetero) is 1. The maximum absolute atomic E-state index is 13.6. The summed E-state index contributed by atoms with van der Waals surface area (Å²) < 4.78 is 52.3. The molecule has 180 valence electrons. The number of benzene rings is 2. The molecule has 2 aromatic rings. The number of alkyl halides is 3. The van der Waals surface area contributed by atoms with Crippen LogP contribution in [-0.4, -0.2) is 17.7 Å². The molecule has 34 heavy (non-hydrogen) atoms. The monoisotopic (exact) mass is 473 g/mol. The summed E-state index contributed by atoms with van der Waals surface area (Å²) in [7, 11) is 0. The predicted molar refractivity (Wildman–Crippen MR) is 118 cm³/mol. The average Bonchev–Trinajstić information content (AvgIpc) is 2.77. The minimum absolute atomic E-state index is 0.0620. The van der Waals surface area contributed by atoms with Crippen molar-refractivity contribution in [3.63, 3.8) is 0 Å². The first kappa shape index (κ1) is 23.1. The van der Waals surface area contributed by atoms with Gasteiger partial charge in [-0.25, -0.2) is 4.39 Å². The van der Waals surface area contributed by atoms with Gasteiger partial charge in [-0.2, -0.15) is 13.2 Å². The van der Waals surface area contributed by atoms with Crippen LogP contribution in [0.5, 0.6) is 0 Å². The lowest BCUT2D eigenvalue weighted by molar-refractivity contribution is -0.146. The molecule has 6 rings (SSSR count). The fourth-order valence-electron chi connectivity index (χ4n) is 6.79. The first-order valence-corrected chi connectivity index (χ1v) is 11.9. The largest absolute Gasteiger partial charge is 0.416 e. The van der Waals surface area contributed by atoms with E-state index in [1.54, 1.807) is 0 Å². The molecule has 2 aromatic carbocycles. The van der Waals surface area contributed by atoms with Crippen molar-refractivity contribution in [1.29, 1.82) is 0 Å². The van der Waals surface area contributed by atoms with E-state index in [-0.39, 0.29) is 23.7 Å². The van der Waals surface area contributed by atoms with Gasteiger partial charge in [0.2, 0.25) is 5.91 Å². The van der Waals surface area contributed by atoms with Gasteiger partial charge in [-0.3, -0.25) is 9.59 Å². The van der Waals surface area contributed by atoms with Crippen molar-refractivity contribution in [2.75, 3.05) is 0 Å². The predicted octanol–water partition coefficient (Wildman–Crippen LogP) is 5.97. The van der Waals surface area contributed by atoms with Crippen molar-refractivity contribution in [3.8, 4) is 0 Å². The molecule has 1 unspecified atom stereocenters. The first-order chi connectivity index (χ1) is 16.1. The molecule has 0 aromatic heterocycles. The third-order valence-corrected chi connectivity index (χ3v) is 7.99. The van der Waals surface area contributed by atoms with Crippen LogP contribution in [0.3, 0.4) is 0 Å². The average molecular weight is 474 g/mol. The number of hydrogen-bond acceptors (Lipinski definition) is 2. The van der Waals surface area contributed by atoms with Crippen LogP contribution in [0, 0.1) is 29.0 Å². The second-order valence-electron chi connectivity index (χ2n) is 10.5. The van der Waals surface area contributed by atoms with Crippen LogP contribution in [0.4, 0.5) is 17.6 Å². The first-order valence-electron chi connectivity index (χ1n) is 11.9. The fourth-order valence-corrected chi connectivity index (χ4v) is 6.79. The Morgan fingerprint density at radius 2 is 1.41 bits per heavy atom. The molecule has 3 nitrogen and oxygen atoms in total. The smallest absolute Gasteiger partial charge is 0.345 e. The van der Waals surface area contributed by atoms with Crippen molar-refractivity contribution >= 4 is 11.7 Å². The number of carbonyl (C=O) groups excluding carboxylic acids is 2. The van der Waals surface area contributed by atoms with E-state index in [0.29, 0.717) is 23.3 Å². The van der Waals surface area contributed by atoms with Crippen molar-refractivity contribution in [2.45, 2.75) is 57.2 Å². The molecule has 4 fully saturated rings. The molecule has 1 amide bonds. The minimum atomic E-state index is -4.45. The molecule has 0 aliphatic heterocycles. The number of ketones is 1. The number of amides is 1. The third kappa shape index (κ3) is 4.49. The summed E-state index contributed by atoms with van der Waals surface area (Å²) in [6.07, 6.45) is 1.65. The van der Waals surface area contributed by atoms with E-state index in [4.69, 9.17) is 0 Å². The van der Waals surface area contributed by atoms with Gasteiger partial charge in [0.15, 0.2) is 5.78 Å². The molecule has 0 saturated heterocycles. The zero-order chi connectivity index (χ0) is 24.1. The second-order valence-corrected chi connectivity index (χ2v) is 10.5. The Balaban J connectivity index is 1.39. The Bertz CT molecular complexity index is 1040. The van der Waals surface area contributed by atoms with E-state index in [9.17, 15) is 27.2 Å². The van der Waals surface area contributed by atoms with Gasteiger partial charge in [0.1, 0.15) is 5.82 Å². The molecule has 0 radical (unpaired) electrons. The molecule has 1 atom stereocenters. The van der Waals surface area contributed by atoms with Crippen molar-refractivity contribution < 1.29 is 27.2 Å². The molecular formula is C27H27F4NO2. The van der Waals surface area contributed by atoms with Gasteiger partial charge in [-0.05, 0) is 98.2 Å². The highest BCUT2D eigenvalue weighted by Crippen LogP contribution is 2.60. The topological polar surface area (TPSA) is 46.2 Å². The molecule has 4 aliphatic carbocycles. The maximum Gasteiger partial charge on any atom is 0.416 e. The van der Waals surface area contributed by atoms with Crippen LogP contribution in [0.15, 0.2) is 48.5 Å². The SMILES string of the molecule is O=C(c1ccc(F)cc1)C(Cc1ccc(C(F)(F)F)cc1)NC(=O)C12CC3CC(CC(C3)C1)C2. The summed E-state index contributed by atoms with van der Waals surface area (Å²) in [5, 5.41) is 2.98. The molecule has 0 spiro atoms. The van der Waals surface area contributed by atoms with E-state index in [1.807, 2.05) is 0 Å². The second kappa shape index (κ2) is 8.51. The van der Waals surface area contributed by atoms with Crippen molar-refractivity contribution in [3.05, 3.63) is 71.0 Å². The quantitative estimate of drug-likeness (QED) is 0.415. The van der Waals surface area contributed by atoms with Gasteiger partial charge in [0.05, 0.1) is 11.6 Å². The molecule has 0 heterocycles. The van der Waals surface area contributed by atoms with Gasteiger partial charge in [0, 0.05) is 17.4 Å². The van der Waals surface area contributed by atoms with Crippen molar-refractivity contribution in [2.24, 2.45) is 23.2 Å². The van der Waals surface area contributed by atoms with E-state index in [1.165, 1.54) is 55.7 Å². The van der Waals surface area contributed by atoms with Crippen LogP contribution in [-0.2, 0) is 17.4 Å². The Hall–Kier alpha value is -2.70. The molecule has 4 bridgehead atoms. The Labute approximate surface area is 195 Å². The van der Waals surface area contributed by atoms with Crippen LogP contribution < -0.4 is 5.32 Å². The van der Waals surface area contributed by atoms with Crippen LogP contribution in [0.2, 0.25) is 0 Å². The number of nitrogens with one attached hydrogen (secondary N) is 1. The molecule has 7 heteroatoms. The Morgan fingerprint density at radius 3 is 1.91 bits per heavy atom. The molecule has 4 saturated carbocycles. The van der Waals surface area contributed by atoms with E-state index in [2.05, 4.69) is 5.32 Å². The van der Waals surface area contributed by atoms with Gasteiger partial charge >= 0.3 is 6.18 Å². The summed E-state index contributed by atoms with van der Waals surface area (Å²) in [5.41, 5.74) is -0.463. The third-order valence-electron chi connectivity index (χ3n) is 7.99. The summed E-state index contributed by atoms with van der Waals surface area (Å²) >= 11 is 0. The van der Waals surface area contributed by atoms with E-state index >= 15 is 0 Å². The fraction of sp³-hybridized carbons (Fsp3) is 0.481. The highest BCUT2D eigenvalue weighted by atomic mass is 19.4. The summed E-state index contributed by atoms with van der Waals surface area (Å²) in [6, 6.07) is 8.80. The summed E-state index contributed by atoms with van der Waals surface area (Å²) in [5.74, 6) is 0.680. The normalized spacial score (nSPS) is 28.5. The minimum Gasteiger partial charge on any atom is -0.345 e.